The molecule has 2 fully saturated rings. The number of aromatic nitrogens is 2. The summed E-state index contributed by atoms with van der Waals surface area (Å²) in [5, 5.41) is 8.32. The number of nitrogens with zero attached hydrogens (tertiary/aromatic N) is 3. The van der Waals surface area contributed by atoms with Crippen molar-refractivity contribution in [3.05, 3.63) is 28.9 Å². The molecule has 4 rings (SSSR count). The Kier molecular flexibility index (Phi) is 4.18. The normalized spacial score (nSPS) is 19.6. The van der Waals surface area contributed by atoms with Crippen molar-refractivity contribution in [1.82, 2.24) is 20.0 Å². The predicted molar refractivity (Wildman–Crippen MR) is 100 cm³/mol. The van der Waals surface area contributed by atoms with Gasteiger partial charge in [0.25, 0.3) is 5.91 Å². The molecular formula is C19H23ClN4O2. The molecule has 2 aromatic rings. The summed E-state index contributed by atoms with van der Waals surface area (Å²) in [5.41, 5.74) is 1.60. The highest BCUT2D eigenvalue weighted by Crippen LogP contribution is 2.53. The second-order valence-electron chi connectivity index (χ2n) is 7.68. The number of carbonyl (C=O) groups excluding carboxylic acids is 2. The lowest BCUT2D eigenvalue weighted by atomic mass is 9.93. The van der Waals surface area contributed by atoms with Crippen LogP contribution in [0.4, 0.5) is 0 Å². The molecule has 0 radical (unpaired) electrons. The molecular weight excluding hydrogens is 352 g/mol. The van der Waals surface area contributed by atoms with E-state index in [1.807, 2.05) is 4.90 Å². The van der Waals surface area contributed by atoms with Crippen molar-refractivity contribution in [2.75, 3.05) is 13.1 Å². The van der Waals surface area contributed by atoms with Gasteiger partial charge in [-0.25, -0.2) is 0 Å². The summed E-state index contributed by atoms with van der Waals surface area (Å²) in [5.74, 6) is -0.290. The molecule has 138 valence electrons. The van der Waals surface area contributed by atoms with Gasteiger partial charge in [0.1, 0.15) is 11.6 Å². The Labute approximate surface area is 157 Å². The lowest BCUT2D eigenvalue weighted by molar-refractivity contribution is -0.134. The third-order valence-corrected chi connectivity index (χ3v) is 6.10. The number of amides is 2. The van der Waals surface area contributed by atoms with Crippen molar-refractivity contribution < 1.29 is 9.59 Å². The monoisotopic (exact) mass is 374 g/mol. The maximum atomic E-state index is 12.7. The Morgan fingerprint density at radius 3 is 2.58 bits per heavy atom. The molecule has 1 aliphatic heterocycles. The molecule has 1 aromatic heterocycles. The smallest absolute Gasteiger partial charge is 0.252 e. The average molecular weight is 375 g/mol. The Hall–Kier alpha value is -2.08. The number of benzene rings is 1. The van der Waals surface area contributed by atoms with Gasteiger partial charge in [0.2, 0.25) is 5.91 Å². The minimum Gasteiger partial charge on any atom is -0.341 e. The lowest BCUT2D eigenvalue weighted by Gasteiger charge is -2.33. The van der Waals surface area contributed by atoms with E-state index in [0.717, 1.165) is 25.9 Å². The van der Waals surface area contributed by atoms with Gasteiger partial charge in [-0.2, -0.15) is 5.10 Å². The van der Waals surface area contributed by atoms with E-state index in [1.165, 1.54) is 12.8 Å². The van der Waals surface area contributed by atoms with Gasteiger partial charge in [-0.15, -0.1) is 0 Å². The van der Waals surface area contributed by atoms with E-state index in [2.05, 4.69) is 10.4 Å². The van der Waals surface area contributed by atoms with Crippen molar-refractivity contribution in [1.29, 1.82) is 0 Å². The molecule has 1 saturated heterocycles. The quantitative estimate of drug-likeness (QED) is 0.898. The summed E-state index contributed by atoms with van der Waals surface area (Å²) in [6.07, 6.45) is 6.56. The summed E-state index contributed by atoms with van der Waals surface area (Å²) < 4.78 is 1.63. The molecule has 1 N–H and O–H groups in total. The molecule has 2 heterocycles. The minimum absolute atomic E-state index is 0.00903. The van der Waals surface area contributed by atoms with Gasteiger partial charge in [0.05, 0.1) is 10.6 Å². The number of fused-ring (bicyclic) bond motifs is 1. The number of hydrogen-bond donors (Lipinski definition) is 1. The number of carbonyl (C=O) groups is 2. The molecule has 2 aliphatic rings. The molecule has 1 atom stereocenters. The van der Waals surface area contributed by atoms with Crippen LogP contribution in [0.1, 0.15) is 43.0 Å². The first-order valence-corrected chi connectivity index (χ1v) is 9.48. The fourth-order valence-electron chi connectivity index (χ4n) is 3.87. The van der Waals surface area contributed by atoms with Crippen molar-refractivity contribution in [3.8, 4) is 0 Å². The van der Waals surface area contributed by atoms with Crippen LogP contribution in [0.15, 0.2) is 18.3 Å². The maximum Gasteiger partial charge on any atom is 0.252 e. The molecule has 1 spiro atoms. The standard InChI is InChI=1S/C19H23ClN4O2/c1-12(18(26)24-9-7-19(5-6-19)8-10-24)21-17(25)13-3-4-15(20)16-14(13)11-23(2)22-16/h3-4,11-12H,5-10H2,1-2H3,(H,21,25)/t12-/m1/s1. The molecule has 26 heavy (non-hydrogen) atoms. The van der Waals surface area contributed by atoms with Crippen molar-refractivity contribution in [2.24, 2.45) is 12.5 Å². The van der Waals surface area contributed by atoms with Crippen LogP contribution < -0.4 is 5.32 Å². The van der Waals surface area contributed by atoms with E-state index in [1.54, 1.807) is 37.0 Å². The van der Waals surface area contributed by atoms with Gasteiger partial charge in [-0.1, -0.05) is 11.6 Å². The highest BCUT2D eigenvalue weighted by molar-refractivity contribution is 6.35. The minimum atomic E-state index is -0.557. The second-order valence-corrected chi connectivity index (χ2v) is 8.09. The molecule has 0 bridgehead atoms. The van der Waals surface area contributed by atoms with Gasteiger partial charge < -0.3 is 10.2 Å². The van der Waals surface area contributed by atoms with Gasteiger partial charge in [0.15, 0.2) is 0 Å². The Balaban J connectivity index is 1.46. The Morgan fingerprint density at radius 1 is 1.23 bits per heavy atom. The summed E-state index contributed by atoms with van der Waals surface area (Å²) in [7, 11) is 1.78. The zero-order valence-electron chi connectivity index (χ0n) is 15.1. The first-order chi connectivity index (χ1) is 12.4. The molecule has 7 heteroatoms. The van der Waals surface area contributed by atoms with Crippen molar-refractivity contribution in [2.45, 2.75) is 38.6 Å². The first kappa shape index (κ1) is 17.3. The van der Waals surface area contributed by atoms with Crippen LogP contribution >= 0.6 is 11.6 Å². The highest BCUT2D eigenvalue weighted by atomic mass is 35.5. The van der Waals surface area contributed by atoms with Crippen LogP contribution in [-0.4, -0.2) is 45.6 Å². The number of halogens is 1. The van der Waals surface area contributed by atoms with Gasteiger partial charge in [0, 0.05) is 31.7 Å². The SMILES string of the molecule is C[C@@H](NC(=O)c1ccc(Cl)c2nn(C)cc12)C(=O)N1CCC2(CC1)CC2. The number of piperidine rings is 1. The molecule has 2 amide bonds. The van der Waals surface area contributed by atoms with Gasteiger partial charge in [-0.05, 0) is 50.2 Å². The predicted octanol–water partition coefficient (Wildman–Crippen LogP) is 2.75. The summed E-state index contributed by atoms with van der Waals surface area (Å²) >= 11 is 6.16. The summed E-state index contributed by atoms with van der Waals surface area (Å²) in [4.78, 5) is 27.3. The topological polar surface area (TPSA) is 67.2 Å². The largest absolute Gasteiger partial charge is 0.341 e. The molecule has 1 aliphatic carbocycles. The average Bonchev–Trinajstić information content (AvgIpc) is 3.24. The maximum absolute atomic E-state index is 12.7. The molecule has 1 aromatic carbocycles. The summed E-state index contributed by atoms with van der Waals surface area (Å²) in [6.45, 7) is 3.35. The van der Waals surface area contributed by atoms with E-state index in [-0.39, 0.29) is 11.8 Å². The van der Waals surface area contributed by atoms with Crippen LogP contribution in [0.3, 0.4) is 0 Å². The fraction of sp³-hybridized carbons (Fsp3) is 0.526. The zero-order valence-corrected chi connectivity index (χ0v) is 15.8. The van der Waals surface area contributed by atoms with E-state index in [0.29, 0.717) is 26.9 Å². The third kappa shape index (κ3) is 3.07. The number of nitrogens with one attached hydrogen (secondary N) is 1. The third-order valence-electron chi connectivity index (χ3n) is 5.80. The second kappa shape index (κ2) is 6.27. The van der Waals surface area contributed by atoms with Gasteiger partial charge in [-0.3, -0.25) is 14.3 Å². The van der Waals surface area contributed by atoms with Crippen LogP contribution in [0.5, 0.6) is 0 Å². The first-order valence-electron chi connectivity index (χ1n) is 9.10. The van der Waals surface area contributed by atoms with E-state index in [9.17, 15) is 9.59 Å². The Morgan fingerprint density at radius 2 is 1.92 bits per heavy atom. The van der Waals surface area contributed by atoms with Crippen molar-refractivity contribution >= 4 is 34.3 Å². The zero-order chi connectivity index (χ0) is 18.5. The lowest BCUT2D eigenvalue weighted by Crippen LogP contribution is -2.49. The van der Waals surface area contributed by atoms with Crippen LogP contribution in [0, 0.1) is 5.41 Å². The number of aryl methyl sites for hydroxylation is 1. The molecule has 6 nitrogen and oxygen atoms in total. The van der Waals surface area contributed by atoms with Crippen LogP contribution in [-0.2, 0) is 11.8 Å². The molecule has 0 unspecified atom stereocenters. The number of rotatable bonds is 3. The van der Waals surface area contributed by atoms with Gasteiger partial charge >= 0.3 is 0 Å². The van der Waals surface area contributed by atoms with E-state index >= 15 is 0 Å². The number of hydrogen-bond acceptors (Lipinski definition) is 3. The number of likely N-dealkylation sites (tertiary alicyclic amines) is 1. The summed E-state index contributed by atoms with van der Waals surface area (Å²) in [6, 6.07) is 2.78. The molecule has 1 saturated carbocycles. The Bertz CT molecular complexity index is 877. The van der Waals surface area contributed by atoms with Crippen LogP contribution in [0.2, 0.25) is 5.02 Å². The van der Waals surface area contributed by atoms with E-state index in [4.69, 9.17) is 11.6 Å². The van der Waals surface area contributed by atoms with Crippen LogP contribution in [0.25, 0.3) is 10.9 Å². The van der Waals surface area contributed by atoms with Crippen molar-refractivity contribution in [3.63, 3.8) is 0 Å². The highest BCUT2D eigenvalue weighted by Gasteiger charge is 2.45. The van der Waals surface area contributed by atoms with E-state index < -0.39 is 6.04 Å². The fourth-order valence-corrected chi connectivity index (χ4v) is 4.08.